The van der Waals surface area contributed by atoms with Gasteiger partial charge in [-0.15, -0.1) is 0 Å². The number of rotatable bonds is 13. The standard InChI is InChI=1S/C36H53N5/c1-8-38-19-29(15-22(2)37)23(3)24(4)32-17-28-13-14-31(28)34(32)25(5)27-11-9-26(10-12-27)16-30-20-39-35(41-30)33-18-36(6,7)21-40-33/h9,11,28-31,33,38,40H,2-5,8,10,12-21,37H2,1,6-7H3,(H,39,41)/t28?,29?,30?,31?,33-/m0/s1. The lowest BCUT2D eigenvalue weighted by Gasteiger charge is -2.34. The van der Waals surface area contributed by atoms with Crippen LogP contribution in [0.2, 0.25) is 0 Å². The summed E-state index contributed by atoms with van der Waals surface area (Å²) in [6, 6.07) is 0.793. The molecule has 2 fully saturated rings. The van der Waals surface area contributed by atoms with Crippen LogP contribution >= 0.6 is 0 Å². The van der Waals surface area contributed by atoms with Crippen LogP contribution in [0.15, 0.2) is 88.2 Å². The van der Waals surface area contributed by atoms with E-state index in [4.69, 9.17) is 17.3 Å². The maximum atomic E-state index is 6.05. The summed E-state index contributed by atoms with van der Waals surface area (Å²) in [5, 5.41) is 10.9. The van der Waals surface area contributed by atoms with Crippen LogP contribution in [0.1, 0.15) is 72.1 Å². The first kappa shape index (κ1) is 29.8. The quantitative estimate of drug-likeness (QED) is 0.202. The molecule has 5 atom stereocenters. The van der Waals surface area contributed by atoms with Gasteiger partial charge < -0.3 is 21.7 Å². The van der Waals surface area contributed by atoms with Crippen LogP contribution < -0.4 is 21.7 Å². The first-order chi connectivity index (χ1) is 19.6. The molecule has 5 rings (SSSR count). The summed E-state index contributed by atoms with van der Waals surface area (Å²) in [6.07, 6.45) is 13.5. The van der Waals surface area contributed by atoms with E-state index in [-0.39, 0.29) is 5.92 Å². The molecule has 3 aliphatic carbocycles. The van der Waals surface area contributed by atoms with Gasteiger partial charge in [0.25, 0.3) is 0 Å². The van der Waals surface area contributed by atoms with Crippen LogP contribution in [-0.2, 0) is 0 Å². The summed E-state index contributed by atoms with van der Waals surface area (Å²) in [7, 11) is 0. The first-order valence-electron chi connectivity index (χ1n) is 15.9. The van der Waals surface area contributed by atoms with Gasteiger partial charge in [0.15, 0.2) is 0 Å². The highest BCUT2D eigenvalue weighted by Gasteiger charge is 2.43. The summed E-state index contributed by atoms with van der Waals surface area (Å²) in [4.78, 5) is 4.88. The molecule has 5 aliphatic rings. The Labute approximate surface area is 249 Å². The molecule has 0 spiro atoms. The van der Waals surface area contributed by atoms with E-state index < -0.39 is 0 Å². The van der Waals surface area contributed by atoms with Crippen molar-refractivity contribution in [1.29, 1.82) is 0 Å². The second kappa shape index (κ2) is 12.3. The van der Waals surface area contributed by atoms with Crippen molar-refractivity contribution in [3.8, 4) is 0 Å². The van der Waals surface area contributed by atoms with Gasteiger partial charge in [0.2, 0.25) is 0 Å². The fourth-order valence-electron chi connectivity index (χ4n) is 7.59. The minimum absolute atomic E-state index is 0.212. The Balaban J connectivity index is 1.25. The topological polar surface area (TPSA) is 74.5 Å². The van der Waals surface area contributed by atoms with Crippen LogP contribution in [0.25, 0.3) is 0 Å². The predicted octanol–water partition coefficient (Wildman–Crippen LogP) is 6.26. The molecule has 0 radical (unpaired) electrons. The monoisotopic (exact) mass is 555 g/mol. The van der Waals surface area contributed by atoms with E-state index in [9.17, 15) is 0 Å². The Hall–Kier alpha value is -2.63. The normalized spacial score (nSPS) is 29.1. The zero-order valence-electron chi connectivity index (χ0n) is 25.9. The van der Waals surface area contributed by atoms with Crippen molar-refractivity contribution in [2.24, 2.45) is 33.9 Å². The van der Waals surface area contributed by atoms with Crippen molar-refractivity contribution in [3.63, 3.8) is 0 Å². The highest BCUT2D eigenvalue weighted by Crippen LogP contribution is 2.56. The minimum Gasteiger partial charge on any atom is -0.402 e. The van der Waals surface area contributed by atoms with E-state index in [1.54, 1.807) is 0 Å². The Morgan fingerprint density at radius 1 is 1.17 bits per heavy atom. The lowest BCUT2D eigenvalue weighted by molar-refractivity contribution is 0.240. The zero-order valence-corrected chi connectivity index (χ0v) is 25.9. The smallest absolute Gasteiger partial charge is 0.114 e. The van der Waals surface area contributed by atoms with E-state index in [2.05, 4.69) is 68.6 Å². The molecule has 0 aromatic carbocycles. The maximum absolute atomic E-state index is 6.05. The maximum Gasteiger partial charge on any atom is 0.114 e. The third-order valence-electron chi connectivity index (χ3n) is 10.2. The van der Waals surface area contributed by atoms with Gasteiger partial charge in [0, 0.05) is 24.7 Å². The second-order valence-electron chi connectivity index (χ2n) is 14.0. The summed E-state index contributed by atoms with van der Waals surface area (Å²) in [5.74, 6) is 2.74. The summed E-state index contributed by atoms with van der Waals surface area (Å²) in [5.41, 5.74) is 16.3. The number of fused-ring (bicyclic) bond motifs is 1. The highest BCUT2D eigenvalue weighted by atomic mass is 15.2. The SMILES string of the molecule is C=C(N)CC(CNCC)C(=C)C(=C)C1=C(C(=C)C2=CC=C(CC3CN=C([C@@H]4CC(C)(C)CN4)N3)CC2)C2CCC2C1. The van der Waals surface area contributed by atoms with Gasteiger partial charge in [-0.2, -0.15) is 0 Å². The number of hydrogen-bond acceptors (Lipinski definition) is 5. The van der Waals surface area contributed by atoms with E-state index in [0.29, 0.717) is 29.1 Å². The van der Waals surface area contributed by atoms with Crippen molar-refractivity contribution in [1.82, 2.24) is 16.0 Å². The first-order valence-corrected chi connectivity index (χ1v) is 15.9. The average molecular weight is 556 g/mol. The molecule has 0 aromatic rings. The van der Waals surface area contributed by atoms with Gasteiger partial charge >= 0.3 is 0 Å². The van der Waals surface area contributed by atoms with Crippen molar-refractivity contribution in [2.75, 3.05) is 26.2 Å². The molecule has 5 nitrogen and oxygen atoms in total. The third-order valence-corrected chi connectivity index (χ3v) is 10.2. The van der Waals surface area contributed by atoms with Gasteiger partial charge in [0.05, 0.1) is 18.6 Å². The van der Waals surface area contributed by atoms with Crippen LogP contribution in [0, 0.1) is 23.2 Å². The van der Waals surface area contributed by atoms with Crippen molar-refractivity contribution >= 4 is 5.84 Å². The lowest BCUT2D eigenvalue weighted by Crippen LogP contribution is -2.41. The molecule has 222 valence electrons. The lowest BCUT2D eigenvalue weighted by atomic mass is 9.71. The van der Waals surface area contributed by atoms with Gasteiger partial charge in [-0.05, 0) is 109 Å². The number of allylic oxidation sites excluding steroid dienone is 8. The number of nitrogens with two attached hydrogens (primary N) is 1. The van der Waals surface area contributed by atoms with Gasteiger partial charge in [-0.3, -0.25) is 4.99 Å². The minimum atomic E-state index is 0.212. The number of amidine groups is 1. The van der Waals surface area contributed by atoms with Crippen molar-refractivity contribution in [3.05, 3.63) is 83.2 Å². The van der Waals surface area contributed by atoms with Crippen molar-refractivity contribution < 1.29 is 0 Å². The van der Waals surface area contributed by atoms with Crippen LogP contribution in [0.4, 0.5) is 0 Å². The molecule has 2 aliphatic heterocycles. The molecule has 4 unspecified atom stereocenters. The summed E-state index contributed by atoms with van der Waals surface area (Å²) < 4.78 is 0. The van der Waals surface area contributed by atoms with Crippen LogP contribution in [0.3, 0.4) is 0 Å². The fraction of sp³-hybridized carbons (Fsp3) is 0.583. The molecular formula is C36H53N5. The van der Waals surface area contributed by atoms with Gasteiger partial charge in [0.1, 0.15) is 5.84 Å². The molecule has 2 heterocycles. The highest BCUT2D eigenvalue weighted by molar-refractivity contribution is 5.89. The third kappa shape index (κ3) is 6.57. The molecule has 1 saturated heterocycles. The Morgan fingerprint density at radius 3 is 2.59 bits per heavy atom. The van der Waals surface area contributed by atoms with Crippen molar-refractivity contribution in [2.45, 2.75) is 84.2 Å². The number of hydrogen-bond donors (Lipinski definition) is 4. The molecule has 0 amide bonds. The summed E-state index contributed by atoms with van der Waals surface area (Å²) >= 11 is 0. The number of aliphatic imine (C=N–C) groups is 1. The van der Waals surface area contributed by atoms with Gasteiger partial charge in [-0.25, -0.2) is 0 Å². The van der Waals surface area contributed by atoms with Crippen LogP contribution in [0.5, 0.6) is 0 Å². The zero-order chi connectivity index (χ0) is 29.3. The largest absolute Gasteiger partial charge is 0.402 e. The predicted molar refractivity (Wildman–Crippen MR) is 175 cm³/mol. The number of nitrogens with one attached hydrogen (secondary N) is 3. The van der Waals surface area contributed by atoms with Crippen LogP contribution in [-0.4, -0.2) is 44.1 Å². The molecular weight excluding hydrogens is 502 g/mol. The molecule has 0 aromatic heterocycles. The number of nitrogens with zero attached hydrogens (tertiary/aromatic N) is 1. The Kier molecular flexibility index (Phi) is 8.96. The molecule has 1 saturated carbocycles. The van der Waals surface area contributed by atoms with E-state index >= 15 is 0 Å². The molecule has 5 heteroatoms. The molecule has 5 N–H and O–H groups in total. The Morgan fingerprint density at radius 2 is 1.98 bits per heavy atom. The van der Waals surface area contributed by atoms with E-state index in [1.807, 2.05) is 0 Å². The molecule has 0 bridgehead atoms. The molecule has 41 heavy (non-hydrogen) atoms. The second-order valence-corrected chi connectivity index (χ2v) is 14.0. The van der Waals surface area contributed by atoms with Gasteiger partial charge in [-0.1, -0.05) is 64.8 Å². The fourth-order valence-corrected chi connectivity index (χ4v) is 7.59. The average Bonchev–Trinajstić information content (AvgIpc) is 3.60. The Bertz CT molecular complexity index is 1220. The summed E-state index contributed by atoms with van der Waals surface area (Å²) in [6.45, 7) is 28.3. The van der Waals surface area contributed by atoms with E-state index in [0.717, 1.165) is 81.8 Å². The van der Waals surface area contributed by atoms with E-state index in [1.165, 1.54) is 46.5 Å².